The molecule has 31 heavy (non-hydrogen) atoms. The van der Waals surface area contributed by atoms with E-state index in [0.717, 1.165) is 35.4 Å². The molecule has 8 heteroatoms. The molecule has 160 valence electrons. The number of aromatic nitrogens is 2. The third-order valence-corrected chi connectivity index (χ3v) is 5.77. The second kappa shape index (κ2) is 9.60. The van der Waals surface area contributed by atoms with Gasteiger partial charge in [0, 0.05) is 36.5 Å². The summed E-state index contributed by atoms with van der Waals surface area (Å²) < 4.78 is 10.9. The van der Waals surface area contributed by atoms with E-state index in [1.165, 1.54) is 0 Å². The number of thiocarbonyl (C=S) groups is 1. The summed E-state index contributed by atoms with van der Waals surface area (Å²) in [4.78, 5) is 6.76. The highest BCUT2D eigenvalue weighted by Gasteiger charge is 2.33. The summed E-state index contributed by atoms with van der Waals surface area (Å²) in [5.74, 6) is 0.941. The molecule has 1 N–H and O–H groups in total. The van der Waals surface area contributed by atoms with E-state index in [1.54, 1.807) is 7.11 Å². The van der Waals surface area contributed by atoms with Gasteiger partial charge in [-0.2, -0.15) is 4.98 Å². The fraction of sp³-hybridized carbons (Fsp3) is 0.261. The molecule has 3 aromatic rings. The Kier molecular flexibility index (Phi) is 6.65. The lowest BCUT2D eigenvalue weighted by Gasteiger charge is -2.37. The van der Waals surface area contributed by atoms with Gasteiger partial charge in [0.05, 0.1) is 11.6 Å². The minimum Gasteiger partial charge on any atom is -0.385 e. The maximum atomic E-state index is 6.14. The largest absolute Gasteiger partial charge is 0.385 e. The quantitative estimate of drug-likeness (QED) is 0.394. The summed E-state index contributed by atoms with van der Waals surface area (Å²) >= 11 is 11.8. The van der Waals surface area contributed by atoms with E-state index in [2.05, 4.69) is 27.5 Å². The van der Waals surface area contributed by atoms with Gasteiger partial charge in [-0.05, 0) is 43.3 Å². The van der Waals surface area contributed by atoms with Crippen LogP contribution in [0.5, 0.6) is 0 Å². The molecule has 2 heterocycles. The third kappa shape index (κ3) is 4.63. The monoisotopic (exact) mass is 454 g/mol. The van der Waals surface area contributed by atoms with Crippen LogP contribution in [0, 0.1) is 0 Å². The number of allylic oxidation sites excluding steroid dienone is 1. The van der Waals surface area contributed by atoms with Gasteiger partial charge in [0.15, 0.2) is 5.11 Å². The van der Waals surface area contributed by atoms with Crippen LogP contribution in [0.15, 0.2) is 64.8 Å². The molecule has 2 aromatic carbocycles. The molecular formula is C23H23ClN4O2S. The van der Waals surface area contributed by atoms with Crippen LogP contribution in [0.1, 0.15) is 30.8 Å². The van der Waals surface area contributed by atoms with Gasteiger partial charge < -0.3 is 19.5 Å². The van der Waals surface area contributed by atoms with Gasteiger partial charge in [0.1, 0.15) is 0 Å². The molecule has 1 aliphatic heterocycles. The zero-order valence-corrected chi connectivity index (χ0v) is 18.9. The Morgan fingerprint density at radius 3 is 2.74 bits per heavy atom. The van der Waals surface area contributed by atoms with Gasteiger partial charge in [-0.3, -0.25) is 0 Å². The molecule has 0 saturated carbocycles. The zero-order chi connectivity index (χ0) is 21.8. The van der Waals surface area contributed by atoms with E-state index in [1.807, 2.05) is 49.4 Å². The second-order valence-electron chi connectivity index (χ2n) is 7.22. The first-order chi connectivity index (χ1) is 15.1. The van der Waals surface area contributed by atoms with Crippen molar-refractivity contribution in [2.75, 3.05) is 20.3 Å². The first-order valence-electron chi connectivity index (χ1n) is 10.0. The molecule has 0 bridgehead atoms. The Bertz CT molecular complexity index is 1100. The van der Waals surface area contributed by atoms with Crippen molar-refractivity contribution in [1.82, 2.24) is 20.4 Å². The summed E-state index contributed by atoms with van der Waals surface area (Å²) in [6, 6.07) is 17.3. The van der Waals surface area contributed by atoms with Crippen LogP contribution < -0.4 is 5.32 Å². The van der Waals surface area contributed by atoms with Gasteiger partial charge >= 0.3 is 0 Å². The number of rotatable bonds is 7. The molecule has 0 spiro atoms. The third-order valence-electron chi connectivity index (χ3n) is 5.20. The molecule has 4 rings (SSSR count). The standard InChI is InChI=1S/C23H23ClN4O2S/c1-15-19(22-26-21(27-30-22)17-10-6-11-18(24)14-17)20(16-8-4-3-5-9-16)25-23(31)28(15)12-7-13-29-2/h3-6,8-11,14,20H,7,12-13H2,1-2H3,(H,25,31). The average Bonchev–Trinajstić information content (AvgIpc) is 3.26. The Hall–Kier alpha value is -2.74. The molecule has 1 atom stereocenters. The Labute approximate surface area is 191 Å². The van der Waals surface area contributed by atoms with Crippen molar-refractivity contribution in [3.05, 3.63) is 76.8 Å². The maximum absolute atomic E-state index is 6.14. The van der Waals surface area contributed by atoms with Crippen LogP contribution >= 0.6 is 23.8 Å². The highest BCUT2D eigenvalue weighted by atomic mass is 35.5. The van der Waals surface area contributed by atoms with Gasteiger partial charge in [0.2, 0.25) is 5.82 Å². The number of hydrogen-bond acceptors (Lipinski definition) is 5. The van der Waals surface area contributed by atoms with Crippen molar-refractivity contribution in [2.45, 2.75) is 19.4 Å². The van der Waals surface area contributed by atoms with Crippen LogP contribution in [-0.4, -0.2) is 40.4 Å². The molecule has 1 unspecified atom stereocenters. The van der Waals surface area contributed by atoms with Gasteiger partial charge in [-0.1, -0.05) is 59.2 Å². The van der Waals surface area contributed by atoms with Crippen molar-refractivity contribution in [3.63, 3.8) is 0 Å². The highest BCUT2D eigenvalue weighted by Crippen LogP contribution is 2.37. The zero-order valence-electron chi connectivity index (χ0n) is 17.3. The summed E-state index contributed by atoms with van der Waals surface area (Å²) in [6.07, 6.45) is 0.844. The molecule has 0 aliphatic carbocycles. The van der Waals surface area contributed by atoms with Gasteiger partial charge in [-0.25, -0.2) is 0 Å². The Morgan fingerprint density at radius 1 is 1.19 bits per heavy atom. The summed E-state index contributed by atoms with van der Waals surface area (Å²) in [7, 11) is 1.70. The van der Waals surface area contributed by atoms with Gasteiger partial charge in [-0.15, -0.1) is 0 Å². The minimum atomic E-state index is -0.194. The molecule has 6 nitrogen and oxygen atoms in total. The first-order valence-corrected chi connectivity index (χ1v) is 10.8. The van der Waals surface area contributed by atoms with E-state index >= 15 is 0 Å². The molecule has 1 aliphatic rings. The summed E-state index contributed by atoms with van der Waals surface area (Å²) in [5, 5.41) is 8.95. The fourth-order valence-corrected chi connectivity index (χ4v) is 4.20. The van der Waals surface area contributed by atoms with E-state index in [9.17, 15) is 0 Å². The Balaban J connectivity index is 1.76. The lowest BCUT2D eigenvalue weighted by molar-refractivity contribution is 0.188. The molecule has 0 saturated heterocycles. The molecule has 0 amide bonds. The average molecular weight is 455 g/mol. The number of benzene rings is 2. The second-order valence-corrected chi connectivity index (χ2v) is 8.05. The van der Waals surface area contributed by atoms with Crippen molar-refractivity contribution in [2.24, 2.45) is 0 Å². The van der Waals surface area contributed by atoms with Crippen LogP contribution in [-0.2, 0) is 4.74 Å². The molecule has 0 fully saturated rings. The lowest BCUT2D eigenvalue weighted by atomic mass is 9.95. The van der Waals surface area contributed by atoms with Gasteiger partial charge in [0.25, 0.3) is 5.89 Å². The Morgan fingerprint density at radius 2 is 2.00 bits per heavy atom. The SMILES string of the molecule is COCCCN1C(=S)NC(c2ccccc2)C(c2nc(-c3cccc(Cl)c3)no2)=C1C. The van der Waals surface area contributed by atoms with Crippen LogP contribution in [0.25, 0.3) is 17.0 Å². The van der Waals surface area contributed by atoms with Crippen molar-refractivity contribution >= 4 is 34.5 Å². The number of nitrogens with zero attached hydrogens (tertiary/aromatic N) is 3. The number of methoxy groups -OCH3 is 1. The molecule has 1 aromatic heterocycles. The number of nitrogens with one attached hydrogen (secondary N) is 1. The lowest BCUT2D eigenvalue weighted by Crippen LogP contribution is -2.46. The number of ether oxygens (including phenoxy) is 1. The summed E-state index contributed by atoms with van der Waals surface area (Å²) in [5.41, 5.74) is 3.75. The smallest absolute Gasteiger partial charge is 0.258 e. The number of hydrogen-bond donors (Lipinski definition) is 1. The fourth-order valence-electron chi connectivity index (χ4n) is 3.67. The predicted molar refractivity (Wildman–Crippen MR) is 125 cm³/mol. The normalized spacial score (nSPS) is 16.5. The minimum absolute atomic E-state index is 0.194. The predicted octanol–water partition coefficient (Wildman–Crippen LogP) is 5.09. The molecular weight excluding hydrogens is 432 g/mol. The topological polar surface area (TPSA) is 63.4 Å². The van der Waals surface area contributed by atoms with Crippen molar-refractivity contribution < 1.29 is 9.26 Å². The van der Waals surface area contributed by atoms with E-state index in [-0.39, 0.29) is 6.04 Å². The maximum Gasteiger partial charge on any atom is 0.258 e. The van der Waals surface area contributed by atoms with E-state index in [4.69, 9.17) is 38.1 Å². The van der Waals surface area contributed by atoms with Crippen molar-refractivity contribution in [1.29, 1.82) is 0 Å². The van der Waals surface area contributed by atoms with Crippen LogP contribution in [0.2, 0.25) is 5.02 Å². The number of halogens is 1. The van der Waals surface area contributed by atoms with E-state index in [0.29, 0.717) is 28.5 Å². The molecule has 0 radical (unpaired) electrons. The van der Waals surface area contributed by atoms with E-state index < -0.39 is 0 Å². The highest BCUT2D eigenvalue weighted by molar-refractivity contribution is 7.80. The van der Waals surface area contributed by atoms with Crippen molar-refractivity contribution in [3.8, 4) is 11.4 Å². The summed E-state index contributed by atoms with van der Waals surface area (Å²) in [6.45, 7) is 3.42. The van der Waals surface area contributed by atoms with Crippen LogP contribution in [0.3, 0.4) is 0 Å². The first kappa shape index (κ1) is 21.5. The van der Waals surface area contributed by atoms with Crippen LogP contribution in [0.4, 0.5) is 0 Å².